The van der Waals surface area contributed by atoms with Crippen LogP contribution in [0.5, 0.6) is 0 Å². The normalized spacial score (nSPS) is 20.3. The Morgan fingerprint density at radius 1 is 1.44 bits per heavy atom. The third kappa shape index (κ3) is 3.45. The van der Waals surface area contributed by atoms with Crippen LogP contribution in [0.25, 0.3) is 0 Å². The van der Waals surface area contributed by atoms with Crippen LogP contribution in [-0.2, 0) is 6.54 Å². The van der Waals surface area contributed by atoms with Gasteiger partial charge in [-0.05, 0) is 32.2 Å². The fourth-order valence-electron chi connectivity index (χ4n) is 2.65. The van der Waals surface area contributed by atoms with Gasteiger partial charge in [-0.1, -0.05) is 20.3 Å². The van der Waals surface area contributed by atoms with E-state index in [0.29, 0.717) is 0 Å². The SMILES string of the molecule is CCCC1CCCCN1c1ncc(CNCC)s1. The molecule has 0 radical (unpaired) electrons. The molecule has 0 spiro atoms. The van der Waals surface area contributed by atoms with E-state index in [9.17, 15) is 0 Å². The van der Waals surface area contributed by atoms with Gasteiger partial charge in [0.25, 0.3) is 0 Å². The standard InChI is InChI=1S/C14H25N3S/c1-3-7-12-8-5-6-9-17(12)14-16-11-13(18-14)10-15-4-2/h11-12,15H,3-10H2,1-2H3. The van der Waals surface area contributed by atoms with Crippen molar-refractivity contribution in [1.29, 1.82) is 0 Å². The third-order valence-electron chi connectivity index (χ3n) is 3.59. The number of nitrogens with one attached hydrogen (secondary N) is 1. The summed E-state index contributed by atoms with van der Waals surface area (Å²) in [7, 11) is 0. The van der Waals surface area contributed by atoms with Crippen molar-refractivity contribution >= 4 is 16.5 Å². The summed E-state index contributed by atoms with van der Waals surface area (Å²) >= 11 is 1.86. The first-order valence-electron chi connectivity index (χ1n) is 7.27. The molecule has 1 N–H and O–H groups in total. The molecule has 1 unspecified atom stereocenters. The third-order valence-corrected chi connectivity index (χ3v) is 4.62. The van der Waals surface area contributed by atoms with E-state index in [0.717, 1.165) is 19.1 Å². The van der Waals surface area contributed by atoms with Crippen LogP contribution in [0.4, 0.5) is 5.13 Å². The number of thiazole rings is 1. The largest absolute Gasteiger partial charge is 0.345 e. The second-order valence-electron chi connectivity index (χ2n) is 5.02. The first kappa shape index (κ1) is 13.8. The zero-order chi connectivity index (χ0) is 12.8. The number of hydrogen-bond acceptors (Lipinski definition) is 4. The van der Waals surface area contributed by atoms with Gasteiger partial charge in [0, 0.05) is 30.2 Å². The Morgan fingerprint density at radius 2 is 2.33 bits per heavy atom. The maximum Gasteiger partial charge on any atom is 0.185 e. The Kier molecular flexibility index (Phi) is 5.45. The fourth-order valence-corrected chi connectivity index (χ4v) is 3.62. The van der Waals surface area contributed by atoms with E-state index in [-0.39, 0.29) is 0 Å². The molecule has 0 amide bonds. The molecule has 1 aromatic heterocycles. The molecule has 1 aliphatic heterocycles. The van der Waals surface area contributed by atoms with Crippen molar-refractivity contribution < 1.29 is 0 Å². The lowest BCUT2D eigenvalue weighted by Gasteiger charge is -2.35. The monoisotopic (exact) mass is 267 g/mol. The Morgan fingerprint density at radius 3 is 3.11 bits per heavy atom. The van der Waals surface area contributed by atoms with Crippen molar-refractivity contribution in [2.75, 3.05) is 18.0 Å². The molecule has 1 aromatic rings. The van der Waals surface area contributed by atoms with Gasteiger partial charge < -0.3 is 10.2 Å². The van der Waals surface area contributed by atoms with Crippen LogP contribution in [0.3, 0.4) is 0 Å². The van der Waals surface area contributed by atoms with Gasteiger partial charge >= 0.3 is 0 Å². The van der Waals surface area contributed by atoms with Crippen molar-refractivity contribution in [3.8, 4) is 0 Å². The number of piperidine rings is 1. The van der Waals surface area contributed by atoms with Crippen LogP contribution in [-0.4, -0.2) is 24.1 Å². The lowest BCUT2D eigenvalue weighted by Crippen LogP contribution is -2.39. The van der Waals surface area contributed by atoms with Gasteiger partial charge in [0.2, 0.25) is 0 Å². The molecule has 0 bridgehead atoms. The maximum atomic E-state index is 4.63. The first-order chi connectivity index (χ1) is 8.85. The van der Waals surface area contributed by atoms with Gasteiger partial charge in [0.05, 0.1) is 0 Å². The second-order valence-corrected chi connectivity index (χ2v) is 6.11. The van der Waals surface area contributed by atoms with E-state index in [1.165, 1.54) is 48.7 Å². The lowest BCUT2D eigenvalue weighted by molar-refractivity contribution is 0.434. The minimum atomic E-state index is 0.724. The molecule has 1 atom stereocenters. The van der Waals surface area contributed by atoms with E-state index < -0.39 is 0 Å². The summed E-state index contributed by atoms with van der Waals surface area (Å²) in [6, 6.07) is 0.724. The lowest BCUT2D eigenvalue weighted by atomic mass is 9.99. The molecule has 0 aliphatic carbocycles. The molecule has 102 valence electrons. The molecule has 1 fully saturated rings. The van der Waals surface area contributed by atoms with Gasteiger partial charge in [-0.25, -0.2) is 4.98 Å². The number of hydrogen-bond donors (Lipinski definition) is 1. The van der Waals surface area contributed by atoms with Crippen LogP contribution in [0.15, 0.2) is 6.20 Å². The maximum absolute atomic E-state index is 4.63. The van der Waals surface area contributed by atoms with Crippen LogP contribution >= 0.6 is 11.3 Å². The molecule has 0 saturated carbocycles. The molecular weight excluding hydrogens is 242 g/mol. The Balaban J connectivity index is 2.01. The van der Waals surface area contributed by atoms with Crippen molar-refractivity contribution in [2.45, 2.75) is 58.5 Å². The summed E-state index contributed by atoms with van der Waals surface area (Å²) < 4.78 is 0. The molecular formula is C14H25N3S. The average Bonchev–Trinajstić information content (AvgIpc) is 2.86. The molecule has 4 heteroatoms. The Hall–Kier alpha value is -0.610. The fraction of sp³-hybridized carbons (Fsp3) is 0.786. The molecule has 0 aromatic carbocycles. The molecule has 1 aliphatic rings. The van der Waals surface area contributed by atoms with Crippen LogP contribution in [0, 0.1) is 0 Å². The molecule has 18 heavy (non-hydrogen) atoms. The van der Waals surface area contributed by atoms with Crippen LogP contribution in [0.2, 0.25) is 0 Å². The average molecular weight is 267 g/mol. The zero-order valence-electron chi connectivity index (χ0n) is 11.6. The summed E-state index contributed by atoms with van der Waals surface area (Å²) in [5.41, 5.74) is 0. The van der Waals surface area contributed by atoms with Crippen LogP contribution in [0.1, 0.15) is 50.8 Å². The van der Waals surface area contributed by atoms with E-state index in [1.807, 2.05) is 17.5 Å². The van der Waals surface area contributed by atoms with E-state index in [2.05, 4.69) is 29.0 Å². The highest BCUT2D eigenvalue weighted by Gasteiger charge is 2.23. The van der Waals surface area contributed by atoms with Crippen molar-refractivity contribution in [2.24, 2.45) is 0 Å². The van der Waals surface area contributed by atoms with Crippen molar-refractivity contribution in [1.82, 2.24) is 10.3 Å². The summed E-state index contributed by atoms with van der Waals surface area (Å²) in [5.74, 6) is 0. The highest BCUT2D eigenvalue weighted by Crippen LogP contribution is 2.30. The van der Waals surface area contributed by atoms with Gasteiger partial charge in [-0.2, -0.15) is 0 Å². The number of rotatable bonds is 6. The summed E-state index contributed by atoms with van der Waals surface area (Å²) in [5, 5.41) is 4.61. The predicted octanol–water partition coefficient (Wildman–Crippen LogP) is 3.41. The minimum absolute atomic E-state index is 0.724. The smallest absolute Gasteiger partial charge is 0.185 e. The number of anilines is 1. The highest BCUT2D eigenvalue weighted by molar-refractivity contribution is 7.15. The quantitative estimate of drug-likeness (QED) is 0.856. The van der Waals surface area contributed by atoms with Gasteiger partial charge in [-0.3, -0.25) is 0 Å². The topological polar surface area (TPSA) is 28.2 Å². The first-order valence-corrected chi connectivity index (χ1v) is 8.08. The van der Waals surface area contributed by atoms with Gasteiger partial charge in [0.15, 0.2) is 5.13 Å². The highest BCUT2D eigenvalue weighted by atomic mass is 32.1. The second kappa shape index (κ2) is 7.10. The van der Waals surface area contributed by atoms with E-state index in [4.69, 9.17) is 0 Å². The van der Waals surface area contributed by atoms with Crippen LogP contribution < -0.4 is 10.2 Å². The molecule has 2 rings (SSSR count). The number of nitrogens with zero attached hydrogens (tertiary/aromatic N) is 2. The van der Waals surface area contributed by atoms with Gasteiger partial charge in [-0.15, -0.1) is 11.3 Å². The van der Waals surface area contributed by atoms with Gasteiger partial charge in [0.1, 0.15) is 0 Å². The predicted molar refractivity (Wildman–Crippen MR) is 79.4 cm³/mol. The summed E-state index contributed by atoms with van der Waals surface area (Å²) in [4.78, 5) is 8.53. The minimum Gasteiger partial charge on any atom is -0.345 e. The molecule has 2 heterocycles. The van der Waals surface area contributed by atoms with Crippen molar-refractivity contribution in [3.63, 3.8) is 0 Å². The zero-order valence-corrected chi connectivity index (χ0v) is 12.4. The summed E-state index contributed by atoms with van der Waals surface area (Å²) in [6.45, 7) is 7.60. The Labute approximate surface area is 115 Å². The van der Waals surface area contributed by atoms with E-state index in [1.54, 1.807) is 0 Å². The molecule has 1 saturated heterocycles. The number of aromatic nitrogens is 1. The summed E-state index contributed by atoms with van der Waals surface area (Å²) in [6.07, 6.45) is 8.67. The molecule has 3 nitrogen and oxygen atoms in total. The Bertz CT molecular complexity index is 349. The van der Waals surface area contributed by atoms with Crippen molar-refractivity contribution in [3.05, 3.63) is 11.1 Å². The van der Waals surface area contributed by atoms with E-state index >= 15 is 0 Å².